The van der Waals surface area contributed by atoms with Gasteiger partial charge < -0.3 is 9.64 Å². The van der Waals surface area contributed by atoms with E-state index in [-0.39, 0.29) is 18.1 Å². The Morgan fingerprint density at radius 2 is 2.00 bits per heavy atom. The highest BCUT2D eigenvalue weighted by atomic mass is 35.5. The number of benzene rings is 1. The van der Waals surface area contributed by atoms with E-state index in [1.165, 1.54) is 0 Å². The summed E-state index contributed by atoms with van der Waals surface area (Å²) in [6.45, 7) is 5.16. The molecular weight excluding hydrogens is 288 g/mol. The highest BCUT2D eigenvalue weighted by Gasteiger charge is 2.27. The molecule has 2 atom stereocenters. The summed E-state index contributed by atoms with van der Waals surface area (Å²) in [6.07, 6.45) is 1.77. The van der Waals surface area contributed by atoms with Crippen LogP contribution in [-0.2, 0) is 4.74 Å². The average Bonchev–Trinajstić information content (AvgIpc) is 2.46. The largest absolute Gasteiger partial charge is 0.372 e. The molecular formula is C16H17ClN2O2. The van der Waals surface area contributed by atoms with Crippen molar-refractivity contribution in [2.75, 3.05) is 13.1 Å². The van der Waals surface area contributed by atoms with Crippen molar-refractivity contribution in [3.8, 4) is 0 Å². The molecule has 3 rings (SSSR count). The molecule has 1 amide bonds. The van der Waals surface area contributed by atoms with Crippen molar-refractivity contribution in [3.05, 3.63) is 41.0 Å². The quantitative estimate of drug-likeness (QED) is 0.813. The molecule has 2 heterocycles. The van der Waals surface area contributed by atoms with E-state index in [0.717, 1.165) is 5.39 Å². The SMILES string of the molecule is CC1CN(C(=O)c2ccc(Cl)c3cccnc23)CC(C)O1. The van der Waals surface area contributed by atoms with Crippen LogP contribution in [0.25, 0.3) is 10.9 Å². The molecule has 1 fully saturated rings. The number of ether oxygens (including phenoxy) is 1. The Hall–Kier alpha value is -1.65. The topological polar surface area (TPSA) is 42.4 Å². The van der Waals surface area contributed by atoms with E-state index < -0.39 is 0 Å². The second-order valence-electron chi connectivity index (χ2n) is 5.46. The van der Waals surface area contributed by atoms with Gasteiger partial charge in [0.2, 0.25) is 0 Å². The van der Waals surface area contributed by atoms with E-state index in [4.69, 9.17) is 16.3 Å². The lowest BCUT2D eigenvalue weighted by Gasteiger charge is -2.35. The maximum atomic E-state index is 12.8. The summed E-state index contributed by atoms with van der Waals surface area (Å²) in [5.41, 5.74) is 1.25. The molecule has 5 heteroatoms. The van der Waals surface area contributed by atoms with Crippen molar-refractivity contribution in [1.29, 1.82) is 0 Å². The molecule has 1 aromatic carbocycles. The van der Waals surface area contributed by atoms with Crippen LogP contribution in [0.2, 0.25) is 5.02 Å². The fraction of sp³-hybridized carbons (Fsp3) is 0.375. The summed E-state index contributed by atoms with van der Waals surface area (Å²) in [5.74, 6) is -0.0163. The van der Waals surface area contributed by atoms with Crippen LogP contribution >= 0.6 is 11.6 Å². The normalized spacial score (nSPS) is 22.5. The smallest absolute Gasteiger partial charge is 0.256 e. The van der Waals surface area contributed by atoms with Gasteiger partial charge in [-0.2, -0.15) is 0 Å². The fourth-order valence-corrected chi connectivity index (χ4v) is 3.04. The monoisotopic (exact) mass is 304 g/mol. The molecule has 4 nitrogen and oxygen atoms in total. The molecule has 0 radical (unpaired) electrons. The van der Waals surface area contributed by atoms with Crippen LogP contribution in [0.5, 0.6) is 0 Å². The van der Waals surface area contributed by atoms with Gasteiger partial charge in [-0.05, 0) is 38.1 Å². The lowest BCUT2D eigenvalue weighted by atomic mass is 10.1. The molecule has 2 unspecified atom stereocenters. The van der Waals surface area contributed by atoms with Gasteiger partial charge in [-0.1, -0.05) is 11.6 Å². The molecule has 1 aromatic heterocycles. The zero-order chi connectivity index (χ0) is 15.0. The summed E-state index contributed by atoms with van der Waals surface area (Å²) in [7, 11) is 0. The van der Waals surface area contributed by atoms with Gasteiger partial charge >= 0.3 is 0 Å². The number of halogens is 1. The van der Waals surface area contributed by atoms with Crippen LogP contribution in [0.4, 0.5) is 0 Å². The van der Waals surface area contributed by atoms with E-state index in [1.807, 2.05) is 30.9 Å². The number of hydrogen-bond acceptors (Lipinski definition) is 3. The fourth-order valence-electron chi connectivity index (χ4n) is 2.82. The Balaban J connectivity index is 2.00. The maximum absolute atomic E-state index is 12.8. The zero-order valence-corrected chi connectivity index (χ0v) is 12.8. The Morgan fingerprint density at radius 3 is 2.71 bits per heavy atom. The van der Waals surface area contributed by atoms with Crippen molar-refractivity contribution < 1.29 is 9.53 Å². The second kappa shape index (κ2) is 5.62. The number of aromatic nitrogens is 1. The second-order valence-corrected chi connectivity index (χ2v) is 5.87. The minimum Gasteiger partial charge on any atom is -0.372 e. The Labute approximate surface area is 128 Å². The van der Waals surface area contributed by atoms with Crippen LogP contribution in [0.3, 0.4) is 0 Å². The third-order valence-corrected chi connectivity index (χ3v) is 3.98. The number of pyridine rings is 1. The number of fused-ring (bicyclic) bond motifs is 1. The van der Waals surface area contributed by atoms with Crippen LogP contribution < -0.4 is 0 Å². The van der Waals surface area contributed by atoms with Gasteiger partial charge in [-0.3, -0.25) is 9.78 Å². The van der Waals surface area contributed by atoms with Gasteiger partial charge in [0.25, 0.3) is 5.91 Å². The van der Waals surface area contributed by atoms with Gasteiger partial charge in [0.1, 0.15) is 0 Å². The van der Waals surface area contributed by atoms with Crippen LogP contribution in [0.15, 0.2) is 30.5 Å². The predicted molar refractivity (Wildman–Crippen MR) is 82.7 cm³/mol. The van der Waals surface area contributed by atoms with E-state index in [9.17, 15) is 4.79 Å². The highest BCUT2D eigenvalue weighted by Crippen LogP contribution is 2.26. The van der Waals surface area contributed by atoms with Gasteiger partial charge in [-0.25, -0.2) is 0 Å². The average molecular weight is 305 g/mol. The standard InChI is InChI=1S/C16H17ClN2O2/c1-10-8-19(9-11(2)21-10)16(20)13-5-6-14(17)12-4-3-7-18-15(12)13/h3-7,10-11H,8-9H2,1-2H3. The van der Waals surface area contributed by atoms with Crippen molar-refractivity contribution in [2.45, 2.75) is 26.1 Å². The van der Waals surface area contributed by atoms with Gasteiger partial charge in [0, 0.05) is 24.7 Å². The van der Waals surface area contributed by atoms with Crippen LogP contribution in [0.1, 0.15) is 24.2 Å². The molecule has 1 saturated heterocycles. The molecule has 0 N–H and O–H groups in total. The first kappa shape index (κ1) is 14.3. The van der Waals surface area contributed by atoms with Crippen molar-refractivity contribution in [2.24, 2.45) is 0 Å². The summed E-state index contributed by atoms with van der Waals surface area (Å²) < 4.78 is 5.68. The zero-order valence-electron chi connectivity index (χ0n) is 12.0. The first-order valence-electron chi connectivity index (χ1n) is 7.04. The number of carbonyl (C=O) groups is 1. The van der Waals surface area contributed by atoms with E-state index in [0.29, 0.717) is 29.2 Å². The Morgan fingerprint density at radius 1 is 1.29 bits per heavy atom. The van der Waals surface area contributed by atoms with Gasteiger partial charge in [-0.15, -0.1) is 0 Å². The van der Waals surface area contributed by atoms with E-state index >= 15 is 0 Å². The molecule has 2 aromatic rings. The number of morpholine rings is 1. The third kappa shape index (κ3) is 2.74. The summed E-state index contributed by atoms with van der Waals surface area (Å²) in [5, 5.41) is 1.41. The summed E-state index contributed by atoms with van der Waals surface area (Å²) in [6, 6.07) is 7.21. The molecule has 0 saturated carbocycles. The Bertz CT molecular complexity index is 679. The van der Waals surface area contributed by atoms with Crippen molar-refractivity contribution >= 4 is 28.4 Å². The first-order valence-corrected chi connectivity index (χ1v) is 7.42. The summed E-state index contributed by atoms with van der Waals surface area (Å²) >= 11 is 6.18. The van der Waals surface area contributed by atoms with Gasteiger partial charge in [0.05, 0.1) is 28.3 Å². The first-order chi connectivity index (χ1) is 10.1. The molecule has 0 bridgehead atoms. The Kier molecular flexibility index (Phi) is 3.83. The molecule has 110 valence electrons. The number of amides is 1. The number of rotatable bonds is 1. The summed E-state index contributed by atoms with van der Waals surface area (Å²) in [4.78, 5) is 19.0. The molecule has 21 heavy (non-hydrogen) atoms. The van der Waals surface area contributed by atoms with E-state index in [1.54, 1.807) is 18.3 Å². The third-order valence-electron chi connectivity index (χ3n) is 3.65. The minimum absolute atomic E-state index is 0.0163. The number of hydrogen-bond donors (Lipinski definition) is 0. The molecule has 1 aliphatic rings. The number of carbonyl (C=O) groups excluding carboxylic acids is 1. The van der Waals surface area contributed by atoms with E-state index in [2.05, 4.69) is 4.98 Å². The molecule has 1 aliphatic heterocycles. The lowest BCUT2D eigenvalue weighted by Crippen LogP contribution is -2.48. The predicted octanol–water partition coefficient (Wildman–Crippen LogP) is 3.14. The highest BCUT2D eigenvalue weighted by molar-refractivity contribution is 6.36. The number of nitrogens with zero attached hydrogens (tertiary/aromatic N) is 2. The van der Waals surface area contributed by atoms with Crippen LogP contribution in [0, 0.1) is 0 Å². The lowest BCUT2D eigenvalue weighted by molar-refractivity contribution is -0.0585. The molecule has 0 aliphatic carbocycles. The van der Waals surface area contributed by atoms with Gasteiger partial charge in [0.15, 0.2) is 0 Å². The minimum atomic E-state index is -0.0163. The maximum Gasteiger partial charge on any atom is 0.256 e. The van der Waals surface area contributed by atoms with Crippen molar-refractivity contribution in [3.63, 3.8) is 0 Å². The molecule has 0 spiro atoms. The van der Waals surface area contributed by atoms with Crippen molar-refractivity contribution in [1.82, 2.24) is 9.88 Å². The van der Waals surface area contributed by atoms with Crippen LogP contribution in [-0.4, -0.2) is 41.1 Å².